The Morgan fingerprint density at radius 3 is 2.25 bits per heavy atom. The molecule has 5 nitrogen and oxygen atoms in total. The summed E-state index contributed by atoms with van der Waals surface area (Å²) < 4.78 is 0. The SMILES string of the molecule is CCCCN(CC)C(=O)NCC(CC(C)(C)C)C(=O)O. The minimum Gasteiger partial charge on any atom is -0.481 e. The fourth-order valence-electron chi connectivity index (χ4n) is 2.06. The molecule has 0 fully saturated rings. The zero-order valence-corrected chi connectivity index (χ0v) is 13.5. The fraction of sp³-hybridized carbons (Fsp3) is 0.867. The minimum absolute atomic E-state index is 0.0690. The summed E-state index contributed by atoms with van der Waals surface area (Å²) in [6.07, 6.45) is 2.54. The van der Waals surface area contributed by atoms with Crippen molar-refractivity contribution in [3.63, 3.8) is 0 Å². The van der Waals surface area contributed by atoms with E-state index in [9.17, 15) is 14.7 Å². The summed E-state index contributed by atoms with van der Waals surface area (Å²) in [5.74, 6) is -1.39. The number of amides is 2. The first kappa shape index (κ1) is 18.7. The van der Waals surface area contributed by atoms with Crippen molar-refractivity contribution in [2.45, 2.75) is 53.9 Å². The molecule has 0 aromatic heterocycles. The zero-order valence-electron chi connectivity index (χ0n) is 13.5. The number of unbranched alkanes of at least 4 members (excludes halogenated alkanes) is 1. The third-order valence-electron chi connectivity index (χ3n) is 3.16. The van der Waals surface area contributed by atoms with Gasteiger partial charge in [-0.05, 0) is 25.2 Å². The molecule has 1 unspecified atom stereocenters. The summed E-state index contributed by atoms with van der Waals surface area (Å²) in [6, 6.07) is -0.166. The summed E-state index contributed by atoms with van der Waals surface area (Å²) in [4.78, 5) is 25.0. The molecule has 118 valence electrons. The zero-order chi connectivity index (χ0) is 15.8. The standard InChI is InChI=1S/C15H30N2O3/c1-6-8-9-17(7-2)14(20)16-11-12(13(18)19)10-15(3,4)5/h12H,6-11H2,1-5H3,(H,16,20)(H,18,19). The highest BCUT2D eigenvalue weighted by atomic mass is 16.4. The van der Waals surface area contributed by atoms with Crippen LogP contribution in [0.3, 0.4) is 0 Å². The molecule has 5 heteroatoms. The van der Waals surface area contributed by atoms with Crippen molar-refractivity contribution in [3.8, 4) is 0 Å². The lowest BCUT2D eigenvalue weighted by atomic mass is 9.84. The first-order chi connectivity index (χ1) is 9.21. The van der Waals surface area contributed by atoms with Gasteiger partial charge in [-0.1, -0.05) is 34.1 Å². The van der Waals surface area contributed by atoms with Gasteiger partial charge in [-0.15, -0.1) is 0 Å². The third kappa shape index (κ3) is 8.02. The summed E-state index contributed by atoms with van der Waals surface area (Å²) in [5.41, 5.74) is -0.0690. The van der Waals surface area contributed by atoms with Gasteiger partial charge in [-0.25, -0.2) is 4.79 Å². The molecule has 0 aromatic rings. The lowest BCUT2D eigenvalue weighted by molar-refractivity contribution is -0.142. The quantitative estimate of drug-likeness (QED) is 0.720. The molecular formula is C15H30N2O3. The Hall–Kier alpha value is -1.26. The second-order valence-electron chi connectivity index (χ2n) is 6.42. The van der Waals surface area contributed by atoms with Crippen LogP contribution in [0, 0.1) is 11.3 Å². The summed E-state index contributed by atoms with van der Waals surface area (Å²) in [5, 5.41) is 12.0. The molecular weight excluding hydrogens is 256 g/mol. The first-order valence-corrected chi connectivity index (χ1v) is 7.46. The molecule has 20 heavy (non-hydrogen) atoms. The van der Waals surface area contributed by atoms with Gasteiger partial charge in [-0.2, -0.15) is 0 Å². The van der Waals surface area contributed by atoms with Gasteiger partial charge in [-0.3, -0.25) is 4.79 Å². The Morgan fingerprint density at radius 1 is 1.25 bits per heavy atom. The molecule has 0 saturated heterocycles. The molecule has 1 atom stereocenters. The number of urea groups is 1. The van der Waals surface area contributed by atoms with E-state index in [-0.39, 0.29) is 18.0 Å². The number of rotatable bonds is 8. The van der Waals surface area contributed by atoms with Gasteiger partial charge in [0.2, 0.25) is 0 Å². The van der Waals surface area contributed by atoms with Crippen LogP contribution in [0.1, 0.15) is 53.9 Å². The van der Waals surface area contributed by atoms with Gasteiger partial charge < -0.3 is 15.3 Å². The van der Waals surface area contributed by atoms with Crippen LogP contribution >= 0.6 is 0 Å². The number of hydrogen-bond acceptors (Lipinski definition) is 2. The highest BCUT2D eigenvalue weighted by molar-refractivity contribution is 5.76. The van der Waals surface area contributed by atoms with Crippen molar-refractivity contribution in [2.24, 2.45) is 11.3 Å². The molecule has 0 heterocycles. The molecule has 0 aliphatic rings. The number of carbonyl (C=O) groups is 2. The summed E-state index contributed by atoms with van der Waals surface area (Å²) in [6.45, 7) is 11.6. The van der Waals surface area contributed by atoms with Crippen LogP contribution in [-0.2, 0) is 4.79 Å². The van der Waals surface area contributed by atoms with E-state index in [1.165, 1.54) is 0 Å². The van der Waals surface area contributed by atoms with Gasteiger partial charge in [0.15, 0.2) is 0 Å². The lowest BCUT2D eigenvalue weighted by Crippen LogP contribution is -2.43. The third-order valence-corrected chi connectivity index (χ3v) is 3.16. The number of carboxylic acid groups (broad SMARTS) is 1. The Balaban J connectivity index is 4.39. The lowest BCUT2D eigenvalue weighted by Gasteiger charge is -2.25. The van der Waals surface area contributed by atoms with E-state index < -0.39 is 11.9 Å². The van der Waals surface area contributed by atoms with Crippen molar-refractivity contribution in [1.29, 1.82) is 0 Å². The minimum atomic E-state index is -0.850. The topological polar surface area (TPSA) is 69.6 Å². The number of aliphatic carboxylic acids is 1. The molecule has 0 bridgehead atoms. The Labute approximate surface area is 122 Å². The van der Waals surface area contributed by atoms with Gasteiger partial charge in [0.05, 0.1) is 5.92 Å². The van der Waals surface area contributed by atoms with Crippen molar-refractivity contribution in [2.75, 3.05) is 19.6 Å². The van der Waals surface area contributed by atoms with E-state index in [4.69, 9.17) is 0 Å². The predicted molar refractivity (Wildman–Crippen MR) is 80.8 cm³/mol. The monoisotopic (exact) mass is 286 g/mol. The molecule has 0 aliphatic carbocycles. The largest absolute Gasteiger partial charge is 0.481 e. The Kier molecular flexibility index (Phi) is 8.26. The first-order valence-electron chi connectivity index (χ1n) is 7.46. The number of carbonyl (C=O) groups excluding carboxylic acids is 1. The van der Waals surface area contributed by atoms with Crippen LogP contribution in [0.2, 0.25) is 0 Å². The van der Waals surface area contributed by atoms with Crippen LogP contribution in [0.4, 0.5) is 4.79 Å². The molecule has 0 aliphatic heterocycles. The molecule has 0 rings (SSSR count). The van der Waals surface area contributed by atoms with Crippen molar-refractivity contribution >= 4 is 12.0 Å². The maximum absolute atomic E-state index is 12.0. The Morgan fingerprint density at radius 2 is 1.85 bits per heavy atom. The predicted octanol–water partition coefficient (Wildman–Crippen LogP) is 2.96. The molecule has 0 radical (unpaired) electrons. The highest BCUT2D eigenvalue weighted by Gasteiger charge is 2.25. The van der Waals surface area contributed by atoms with E-state index in [1.807, 2.05) is 27.7 Å². The van der Waals surface area contributed by atoms with Crippen LogP contribution in [0.15, 0.2) is 0 Å². The second-order valence-corrected chi connectivity index (χ2v) is 6.42. The Bertz CT molecular complexity index is 311. The molecule has 2 amide bonds. The van der Waals surface area contributed by atoms with Gasteiger partial charge in [0.25, 0.3) is 0 Å². The molecule has 0 saturated carbocycles. The number of carboxylic acids is 1. The van der Waals surface area contributed by atoms with Gasteiger partial charge in [0.1, 0.15) is 0 Å². The normalized spacial score (nSPS) is 12.8. The van der Waals surface area contributed by atoms with Crippen molar-refractivity contribution < 1.29 is 14.7 Å². The average Bonchev–Trinajstić information content (AvgIpc) is 2.33. The smallest absolute Gasteiger partial charge is 0.317 e. The van der Waals surface area contributed by atoms with E-state index in [1.54, 1.807) is 4.90 Å². The fourth-order valence-corrected chi connectivity index (χ4v) is 2.06. The average molecular weight is 286 g/mol. The van der Waals surface area contributed by atoms with E-state index in [0.29, 0.717) is 13.0 Å². The maximum atomic E-state index is 12.0. The maximum Gasteiger partial charge on any atom is 0.317 e. The van der Waals surface area contributed by atoms with E-state index >= 15 is 0 Å². The highest BCUT2D eigenvalue weighted by Crippen LogP contribution is 2.24. The number of hydrogen-bond donors (Lipinski definition) is 2. The van der Waals surface area contributed by atoms with Crippen LogP contribution in [0.25, 0.3) is 0 Å². The van der Waals surface area contributed by atoms with Crippen molar-refractivity contribution in [3.05, 3.63) is 0 Å². The number of nitrogens with one attached hydrogen (secondary N) is 1. The van der Waals surface area contributed by atoms with E-state index in [0.717, 1.165) is 19.4 Å². The van der Waals surface area contributed by atoms with E-state index in [2.05, 4.69) is 12.2 Å². The van der Waals surface area contributed by atoms with Gasteiger partial charge >= 0.3 is 12.0 Å². The summed E-state index contributed by atoms with van der Waals surface area (Å²) in [7, 11) is 0. The van der Waals surface area contributed by atoms with Crippen LogP contribution in [0.5, 0.6) is 0 Å². The molecule has 2 N–H and O–H groups in total. The number of nitrogens with zero attached hydrogens (tertiary/aromatic N) is 1. The molecule has 0 aromatic carbocycles. The van der Waals surface area contributed by atoms with Crippen LogP contribution in [-0.4, -0.2) is 41.6 Å². The van der Waals surface area contributed by atoms with Crippen molar-refractivity contribution in [1.82, 2.24) is 10.2 Å². The van der Waals surface area contributed by atoms with Crippen LogP contribution < -0.4 is 5.32 Å². The second kappa shape index (κ2) is 8.82. The molecule has 0 spiro atoms. The summed E-state index contributed by atoms with van der Waals surface area (Å²) >= 11 is 0. The van der Waals surface area contributed by atoms with Gasteiger partial charge in [0, 0.05) is 19.6 Å².